The SMILES string of the molecule is CCCc1ccc(OCCNC2CCCC(C)C2)cc1. The second-order valence-electron chi connectivity index (χ2n) is 6.17. The van der Waals surface area contributed by atoms with Crippen molar-refractivity contribution in [3.05, 3.63) is 29.8 Å². The van der Waals surface area contributed by atoms with Gasteiger partial charge in [0.2, 0.25) is 0 Å². The predicted molar refractivity (Wildman–Crippen MR) is 85.4 cm³/mol. The van der Waals surface area contributed by atoms with Crippen molar-refractivity contribution in [1.82, 2.24) is 5.32 Å². The Morgan fingerprint density at radius 1 is 1.20 bits per heavy atom. The van der Waals surface area contributed by atoms with Crippen LogP contribution in [0.2, 0.25) is 0 Å². The van der Waals surface area contributed by atoms with Gasteiger partial charge >= 0.3 is 0 Å². The van der Waals surface area contributed by atoms with Gasteiger partial charge < -0.3 is 10.1 Å². The van der Waals surface area contributed by atoms with E-state index in [1.54, 1.807) is 0 Å². The molecule has 2 unspecified atom stereocenters. The minimum absolute atomic E-state index is 0.703. The fourth-order valence-electron chi connectivity index (χ4n) is 3.09. The molecule has 2 rings (SSSR count). The molecule has 2 heteroatoms. The Morgan fingerprint density at radius 3 is 2.70 bits per heavy atom. The first-order valence-electron chi connectivity index (χ1n) is 8.23. The van der Waals surface area contributed by atoms with Crippen LogP contribution in [0.3, 0.4) is 0 Å². The Bertz CT molecular complexity index is 374. The predicted octanol–water partition coefficient (Wildman–Crippen LogP) is 4.19. The van der Waals surface area contributed by atoms with Crippen LogP contribution in [0.15, 0.2) is 24.3 Å². The zero-order valence-electron chi connectivity index (χ0n) is 13.0. The lowest BCUT2D eigenvalue weighted by molar-refractivity contribution is 0.266. The summed E-state index contributed by atoms with van der Waals surface area (Å²) in [5.41, 5.74) is 1.40. The second-order valence-corrected chi connectivity index (χ2v) is 6.17. The van der Waals surface area contributed by atoms with E-state index in [0.29, 0.717) is 6.04 Å². The maximum Gasteiger partial charge on any atom is 0.119 e. The van der Waals surface area contributed by atoms with Gasteiger partial charge in [-0.2, -0.15) is 0 Å². The Balaban J connectivity index is 1.62. The van der Waals surface area contributed by atoms with Gasteiger partial charge in [0, 0.05) is 12.6 Å². The maximum atomic E-state index is 5.79. The highest BCUT2D eigenvalue weighted by molar-refractivity contribution is 5.27. The van der Waals surface area contributed by atoms with Crippen LogP contribution >= 0.6 is 0 Å². The molecular weight excluding hydrogens is 246 g/mol. The van der Waals surface area contributed by atoms with E-state index < -0.39 is 0 Å². The number of hydrogen-bond donors (Lipinski definition) is 1. The first-order chi connectivity index (χ1) is 9.78. The molecule has 2 atom stereocenters. The van der Waals surface area contributed by atoms with Crippen LogP contribution in [0.5, 0.6) is 5.75 Å². The van der Waals surface area contributed by atoms with Crippen molar-refractivity contribution in [2.75, 3.05) is 13.2 Å². The largest absolute Gasteiger partial charge is 0.492 e. The molecule has 1 aliphatic rings. The zero-order valence-corrected chi connectivity index (χ0v) is 13.0. The highest BCUT2D eigenvalue weighted by Crippen LogP contribution is 2.23. The lowest BCUT2D eigenvalue weighted by atomic mass is 9.87. The molecule has 0 heterocycles. The number of benzene rings is 1. The van der Waals surface area contributed by atoms with Crippen molar-refractivity contribution in [2.45, 2.75) is 58.4 Å². The van der Waals surface area contributed by atoms with Crippen LogP contribution < -0.4 is 10.1 Å². The van der Waals surface area contributed by atoms with E-state index in [1.807, 2.05) is 0 Å². The number of aryl methyl sites for hydroxylation is 1. The molecule has 1 N–H and O–H groups in total. The van der Waals surface area contributed by atoms with Gasteiger partial charge in [-0.15, -0.1) is 0 Å². The number of hydrogen-bond acceptors (Lipinski definition) is 2. The van der Waals surface area contributed by atoms with E-state index in [1.165, 1.54) is 37.7 Å². The average molecular weight is 275 g/mol. The molecule has 0 spiro atoms. The van der Waals surface area contributed by atoms with Crippen LogP contribution in [0, 0.1) is 5.92 Å². The molecule has 0 radical (unpaired) electrons. The number of nitrogens with one attached hydrogen (secondary N) is 1. The topological polar surface area (TPSA) is 21.3 Å². The normalized spacial score (nSPS) is 22.7. The average Bonchev–Trinajstić information content (AvgIpc) is 2.46. The van der Waals surface area contributed by atoms with Gasteiger partial charge in [-0.05, 0) is 42.9 Å². The molecule has 1 aromatic carbocycles. The second kappa shape index (κ2) is 8.31. The summed E-state index contributed by atoms with van der Waals surface area (Å²) in [7, 11) is 0. The van der Waals surface area contributed by atoms with E-state index in [9.17, 15) is 0 Å². The van der Waals surface area contributed by atoms with Crippen LogP contribution in [0.25, 0.3) is 0 Å². The summed E-state index contributed by atoms with van der Waals surface area (Å²) in [6.45, 7) is 6.29. The Morgan fingerprint density at radius 2 is 2.00 bits per heavy atom. The summed E-state index contributed by atoms with van der Waals surface area (Å²) in [5.74, 6) is 1.87. The molecular formula is C18H29NO. The van der Waals surface area contributed by atoms with Gasteiger partial charge in [-0.25, -0.2) is 0 Å². The minimum atomic E-state index is 0.703. The van der Waals surface area contributed by atoms with Gasteiger partial charge in [-0.3, -0.25) is 0 Å². The monoisotopic (exact) mass is 275 g/mol. The third kappa shape index (κ3) is 5.16. The number of ether oxygens (including phenoxy) is 1. The van der Waals surface area contributed by atoms with E-state index in [2.05, 4.69) is 43.4 Å². The van der Waals surface area contributed by atoms with Crippen molar-refractivity contribution in [3.8, 4) is 5.75 Å². The summed E-state index contributed by atoms with van der Waals surface area (Å²) in [5, 5.41) is 3.63. The smallest absolute Gasteiger partial charge is 0.119 e. The van der Waals surface area contributed by atoms with Gasteiger partial charge in [0.25, 0.3) is 0 Å². The summed E-state index contributed by atoms with van der Waals surface area (Å²) >= 11 is 0. The lowest BCUT2D eigenvalue weighted by Crippen LogP contribution is -2.36. The van der Waals surface area contributed by atoms with Gasteiger partial charge in [0.15, 0.2) is 0 Å². The molecule has 1 aliphatic carbocycles. The van der Waals surface area contributed by atoms with Crippen LogP contribution in [-0.4, -0.2) is 19.2 Å². The molecule has 1 aromatic rings. The molecule has 0 saturated heterocycles. The molecule has 20 heavy (non-hydrogen) atoms. The van der Waals surface area contributed by atoms with Crippen LogP contribution in [-0.2, 0) is 6.42 Å². The van der Waals surface area contributed by atoms with Crippen molar-refractivity contribution in [1.29, 1.82) is 0 Å². The molecule has 1 saturated carbocycles. The first kappa shape index (κ1) is 15.4. The van der Waals surface area contributed by atoms with E-state index in [-0.39, 0.29) is 0 Å². The summed E-state index contributed by atoms with van der Waals surface area (Å²) in [4.78, 5) is 0. The summed E-state index contributed by atoms with van der Waals surface area (Å²) in [6.07, 6.45) is 7.78. The highest BCUT2D eigenvalue weighted by atomic mass is 16.5. The van der Waals surface area contributed by atoms with Gasteiger partial charge in [0.1, 0.15) is 12.4 Å². The number of rotatable bonds is 7. The Hall–Kier alpha value is -1.02. The summed E-state index contributed by atoms with van der Waals surface area (Å²) < 4.78 is 5.79. The quantitative estimate of drug-likeness (QED) is 0.754. The van der Waals surface area contributed by atoms with Gasteiger partial charge in [-0.1, -0.05) is 45.2 Å². The molecule has 112 valence electrons. The molecule has 2 nitrogen and oxygen atoms in total. The summed E-state index contributed by atoms with van der Waals surface area (Å²) in [6, 6.07) is 9.24. The third-order valence-electron chi connectivity index (χ3n) is 4.20. The highest BCUT2D eigenvalue weighted by Gasteiger charge is 2.17. The molecule has 0 amide bonds. The van der Waals surface area contributed by atoms with Crippen LogP contribution in [0.4, 0.5) is 0 Å². The maximum absolute atomic E-state index is 5.79. The molecule has 0 bridgehead atoms. The van der Waals surface area contributed by atoms with Crippen molar-refractivity contribution >= 4 is 0 Å². The molecule has 0 aromatic heterocycles. The van der Waals surface area contributed by atoms with E-state index in [0.717, 1.165) is 31.2 Å². The molecule has 0 aliphatic heterocycles. The molecule has 1 fully saturated rings. The van der Waals surface area contributed by atoms with Crippen molar-refractivity contribution in [2.24, 2.45) is 5.92 Å². The van der Waals surface area contributed by atoms with E-state index in [4.69, 9.17) is 4.74 Å². The Labute approximate surface area is 123 Å². The first-order valence-corrected chi connectivity index (χ1v) is 8.23. The van der Waals surface area contributed by atoms with E-state index >= 15 is 0 Å². The fraction of sp³-hybridized carbons (Fsp3) is 0.667. The lowest BCUT2D eigenvalue weighted by Gasteiger charge is -2.27. The zero-order chi connectivity index (χ0) is 14.2. The van der Waals surface area contributed by atoms with Crippen LogP contribution in [0.1, 0.15) is 51.5 Å². The van der Waals surface area contributed by atoms with Crippen molar-refractivity contribution in [3.63, 3.8) is 0 Å². The third-order valence-corrected chi connectivity index (χ3v) is 4.20. The minimum Gasteiger partial charge on any atom is -0.492 e. The standard InChI is InChI=1S/C18H29NO/c1-3-5-16-8-10-18(11-9-16)20-13-12-19-17-7-4-6-15(2)14-17/h8-11,15,17,19H,3-7,12-14H2,1-2H3. The van der Waals surface area contributed by atoms with Gasteiger partial charge in [0.05, 0.1) is 0 Å². The Kier molecular flexibility index (Phi) is 6.38. The van der Waals surface area contributed by atoms with Crippen molar-refractivity contribution < 1.29 is 4.74 Å². The fourth-order valence-corrected chi connectivity index (χ4v) is 3.09.